The normalized spacial score (nSPS) is 16.1. The monoisotopic (exact) mass is 302 g/mol. The van der Waals surface area contributed by atoms with Crippen molar-refractivity contribution in [2.75, 3.05) is 31.9 Å². The van der Waals surface area contributed by atoms with E-state index >= 15 is 0 Å². The van der Waals surface area contributed by atoms with Crippen molar-refractivity contribution in [3.05, 3.63) is 46.4 Å². The Hall–Kier alpha value is -1.92. The number of nitrogens with zero attached hydrogens (tertiary/aromatic N) is 3. The summed E-state index contributed by atoms with van der Waals surface area (Å²) in [6, 6.07) is 5.61. The summed E-state index contributed by atoms with van der Waals surface area (Å²) in [4.78, 5) is 20.7. The maximum atomic E-state index is 12.4. The van der Waals surface area contributed by atoms with Crippen molar-refractivity contribution in [2.24, 2.45) is 0 Å². The Labute approximate surface area is 128 Å². The van der Waals surface area contributed by atoms with E-state index in [4.69, 9.17) is 5.73 Å². The van der Waals surface area contributed by atoms with Crippen LogP contribution in [0.3, 0.4) is 0 Å². The van der Waals surface area contributed by atoms with E-state index in [-0.39, 0.29) is 5.91 Å². The zero-order valence-corrected chi connectivity index (χ0v) is 12.6. The van der Waals surface area contributed by atoms with E-state index in [2.05, 4.69) is 26.7 Å². The summed E-state index contributed by atoms with van der Waals surface area (Å²) >= 11 is 1.72. The molecule has 5 nitrogen and oxygen atoms in total. The Bertz CT molecular complexity index is 606. The molecule has 0 atom stereocenters. The minimum absolute atomic E-state index is 0.0664. The third-order valence-corrected chi connectivity index (χ3v) is 4.42. The Morgan fingerprint density at radius 3 is 2.76 bits per heavy atom. The molecule has 1 saturated heterocycles. The number of hydrogen-bond acceptors (Lipinski definition) is 5. The molecule has 21 heavy (non-hydrogen) atoms. The lowest BCUT2D eigenvalue weighted by molar-refractivity contribution is 0.0624. The number of nitrogens with two attached hydrogens (primary N) is 1. The number of carbonyl (C=O) groups excluding carboxylic acids is 1. The summed E-state index contributed by atoms with van der Waals surface area (Å²) in [5.74, 6) is -0.0664. The zero-order valence-electron chi connectivity index (χ0n) is 11.7. The molecule has 0 radical (unpaired) electrons. The van der Waals surface area contributed by atoms with E-state index in [0.717, 1.165) is 32.7 Å². The van der Waals surface area contributed by atoms with Gasteiger partial charge in [-0.3, -0.25) is 9.69 Å². The molecule has 1 amide bonds. The molecule has 3 heterocycles. The molecule has 0 saturated carbocycles. The maximum Gasteiger partial charge on any atom is 0.274 e. The first-order chi connectivity index (χ1) is 10.2. The lowest BCUT2D eigenvalue weighted by atomic mass is 10.2. The number of thiophene rings is 1. The second-order valence-corrected chi connectivity index (χ2v) is 5.92. The lowest BCUT2D eigenvalue weighted by Gasteiger charge is -2.34. The number of hydrogen-bond donors (Lipinski definition) is 1. The molecule has 0 aliphatic carbocycles. The van der Waals surface area contributed by atoms with Gasteiger partial charge in [0, 0.05) is 38.9 Å². The highest BCUT2D eigenvalue weighted by Gasteiger charge is 2.24. The van der Waals surface area contributed by atoms with Gasteiger partial charge in [0.15, 0.2) is 5.69 Å². The fourth-order valence-electron chi connectivity index (χ4n) is 2.50. The molecule has 2 aromatic heterocycles. The van der Waals surface area contributed by atoms with Crippen molar-refractivity contribution in [1.29, 1.82) is 0 Å². The number of anilines is 1. The minimum Gasteiger partial charge on any atom is -0.397 e. The highest BCUT2D eigenvalue weighted by atomic mass is 32.1. The topological polar surface area (TPSA) is 62.5 Å². The van der Waals surface area contributed by atoms with Gasteiger partial charge in [-0.2, -0.15) is 11.3 Å². The summed E-state index contributed by atoms with van der Waals surface area (Å²) in [7, 11) is 0. The van der Waals surface area contributed by atoms with Gasteiger partial charge < -0.3 is 10.6 Å². The van der Waals surface area contributed by atoms with Crippen LogP contribution in [0, 0.1) is 0 Å². The van der Waals surface area contributed by atoms with Gasteiger partial charge in [-0.05, 0) is 34.5 Å². The van der Waals surface area contributed by atoms with Crippen LogP contribution in [0.1, 0.15) is 16.1 Å². The largest absolute Gasteiger partial charge is 0.397 e. The number of nitrogen functional groups attached to an aromatic ring is 1. The standard InChI is InChI=1S/C15H18N4OS/c16-13-2-1-4-17-14(13)15(20)19-7-5-18(6-8-19)10-12-3-9-21-11-12/h1-4,9,11H,5-8,10,16H2. The van der Waals surface area contributed by atoms with Gasteiger partial charge in [0.2, 0.25) is 0 Å². The smallest absolute Gasteiger partial charge is 0.274 e. The Kier molecular flexibility index (Phi) is 4.17. The zero-order chi connectivity index (χ0) is 14.7. The molecular formula is C15H18N4OS. The molecule has 2 aromatic rings. The van der Waals surface area contributed by atoms with Crippen molar-refractivity contribution < 1.29 is 4.79 Å². The maximum absolute atomic E-state index is 12.4. The van der Waals surface area contributed by atoms with Gasteiger partial charge in [0.05, 0.1) is 5.69 Å². The quantitative estimate of drug-likeness (QED) is 0.937. The third kappa shape index (κ3) is 3.22. The highest BCUT2D eigenvalue weighted by molar-refractivity contribution is 7.07. The minimum atomic E-state index is -0.0664. The number of pyridine rings is 1. The van der Waals surface area contributed by atoms with E-state index in [1.807, 2.05) is 4.90 Å². The molecule has 3 rings (SSSR count). The Morgan fingerprint density at radius 2 is 2.10 bits per heavy atom. The summed E-state index contributed by atoms with van der Waals surface area (Å²) in [6.45, 7) is 4.16. The molecule has 0 bridgehead atoms. The molecule has 1 fully saturated rings. The first-order valence-electron chi connectivity index (χ1n) is 6.97. The van der Waals surface area contributed by atoms with Gasteiger partial charge in [-0.25, -0.2) is 4.98 Å². The van der Waals surface area contributed by atoms with Crippen LogP contribution in [-0.2, 0) is 6.54 Å². The average Bonchev–Trinajstić information content (AvgIpc) is 3.01. The van der Waals surface area contributed by atoms with Gasteiger partial charge in [-0.1, -0.05) is 0 Å². The van der Waals surface area contributed by atoms with E-state index in [9.17, 15) is 4.79 Å². The van der Waals surface area contributed by atoms with Crippen molar-refractivity contribution >= 4 is 22.9 Å². The third-order valence-electron chi connectivity index (χ3n) is 3.69. The molecule has 0 unspecified atom stereocenters. The highest BCUT2D eigenvalue weighted by Crippen LogP contribution is 2.15. The second kappa shape index (κ2) is 6.24. The SMILES string of the molecule is Nc1cccnc1C(=O)N1CCN(Cc2ccsc2)CC1. The van der Waals surface area contributed by atoms with E-state index in [1.165, 1.54) is 5.56 Å². The van der Waals surface area contributed by atoms with Crippen LogP contribution in [-0.4, -0.2) is 46.9 Å². The van der Waals surface area contributed by atoms with Gasteiger partial charge in [-0.15, -0.1) is 0 Å². The molecular weight excluding hydrogens is 284 g/mol. The predicted molar refractivity (Wildman–Crippen MR) is 84.1 cm³/mol. The molecule has 1 aliphatic heterocycles. The molecule has 110 valence electrons. The molecule has 2 N–H and O–H groups in total. The van der Waals surface area contributed by atoms with Crippen LogP contribution < -0.4 is 5.73 Å². The molecule has 0 spiro atoms. The predicted octanol–water partition coefficient (Wildman–Crippen LogP) is 1.68. The fourth-order valence-corrected chi connectivity index (χ4v) is 3.16. The van der Waals surface area contributed by atoms with Crippen molar-refractivity contribution in [3.63, 3.8) is 0 Å². The summed E-state index contributed by atoms with van der Waals surface area (Å²) < 4.78 is 0. The van der Waals surface area contributed by atoms with E-state index < -0.39 is 0 Å². The molecule has 0 aromatic carbocycles. The van der Waals surface area contributed by atoms with Gasteiger partial charge >= 0.3 is 0 Å². The van der Waals surface area contributed by atoms with Crippen molar-refractivity contribution in [1.82, 2.24) is 14.8 Å². The number of aromatic nitrogens is 1. The first kappa shape index (κ1) is 14.0. The average molecular weight is 302 g/mol. The van der Waals surface area contributed by atoms with Gasteiger partial charge in [0.25, 0.3) is 5.91 Å². The van der Waals surface area contributed by atoms with Crippen LogP contribution in [0.25, 0.3) is 0 Å². The van der Waals surface area contributed by atoms with Crippen LogP contribution in [0.5, 0.6) is 0 Å². The molecule has 6 heteroatoms. The number of rotatable bonds is 3. The Morgan fingerprint density at radius 1 is 1.29 bits per heavy atom. The summed E-state index contributed by atoms with van der Waals surface area (Å²) in [5.41, 5.74) is 7.98. The van der Waals surface area contributed by atoms with Crippen LogP contribution >= 0.6 is 11.3 Å². The lowest BCUT2D eigenvalue weighted by Crippen LogP contribution is -2.48. The summed E-state index contributed by atoms with van der Waals surface area (Å²) in [5, 5.41) is 4.27. The number of piperazine rings is 1. The number of carbonyl (C=O) groups is 1. The van der Waals surface area contributed by atoms with E-state index in [1.54, 1.807) is 29.7 Å². The van der Waals surface area contributed by atoms with Gasteiger partial charge in [0.1, 0.15) is 0 Å². The summed E-state index contributed by atoms with van der Waals surface area (Å²) in [6.07, 6.45) is 1.61. The first-order valence-corrected chi connectivity index (χ1v) is 7.91. The second-order valence-electron chi connectivity index (χ2n) is 5.14. The number of amides is 1. The van der Waals surface area contributed by atoms with Crippen molar-refractivity contribution in [2.45, 2.75) is 6.54 Å². The Balaban J connectivity index is 1.58. The van der Waals surface area contributed by atoms with Crippen LogP contribution in [0.4, 0.5) is 5.69 Å². The van der Waals surface area contributed by atoms with Crippen molar-refractivity contribution in [3.8, 4) is 0 Å². The van der Waals surface area contributed by atoms with Crippen LogP contribution in [0.15, 0.2) is 35.2 Å². The van der Waals surface area contributed by atoms with Crippen LogP contribution in [0.2, 0.25) is 0 Å². The fraction of sp³-hybridized carbons (Fsp3) is 0.333. The molecule has 1 aliphatic rings. The van der Waals surface area contributed by atoms with E-state index in [0.29, 0.717) is 11.4 Å².